The zero-order valence-electron chi connectivity index (χ0n) is 16.7. The van der Waals surface area contributed by atoms with Crippen LogP contribution in [-0.2, 0) is 11.0 Å². The molecule has 1 saturated carbocycles. The molecule has 2 unspecified atom stereocenters. The first-order valence-corrected chi connectivity index (χ1v) is 10.0. The summed E-state index contributed by atoms with van der Waals surface area (Å²) in [6, 6.07) is 11.8. The lowest BCUT2D eigenvalue weighted by atomic mass is 10.0. The second kappa shape index (κ2) is 7.39. The number of benzene rings is 2. The number of hydrogen-bond acceptors (Lipinski definition) is 2. The fourth-order valence-electron chi connectivity index (χ4n) is 4.24. The molecule has 0 aromatic heterocycles. The zero-order valence-corrected chi connectivity index (χ0v) is 16.7. The Morgan fingerprint density at radius 1 is 1.00 bits per heavy atom. The van der Waals surface area contributed by atoms with Crippen molar-refractivity contribution in [3.05, 3.63) is 64.7 Å². The lowest BCUT2D eigenvalue weighted by Gasteiger charge is -2.37. The highest BCUT2D eigenvalue weighted by Crippen LogP contribution is 2.49. The second-order valence-electron chi connectivity index (χ2n) is 8.17. The van der Waals surface area contributed by atoms with Crippen LogP contribution in [0.15, 0.2) is 42.5 Å². The van der Waals surface area contributed by atoms with Gasteiger partial charge in [-0.1, -0.05) is 30.3 Å². The summed E-state index contributed by atoms with van der Waals surface area (Å²) in [5, 5.41) is 0. The summed E-state index contributed by atoms with van der Waals surface area (Å²) in [5.74, 6) is -0.208. The number of hydrogen-bond donors (Lipinski definition) is 0. The average molecular weight is 402 g/mol. The van der Waals surface area contributed by atoms with Crippen molar-refractivity contribution in [1.29, 1.82) is 0 Å². The lowest BCUT2D eigenvalue weighted by molar-refractivity contribution is -0.137. The van der Waals surface area contributed by atoms with Crippen molar-refractivity contribution in [2.24, 2.45) is 5.92 Å². The number of anilines is 1. The highest BCUT2D eigenvalue weighted by Gasteiger charge is 2.46. The molecule has 4 rings (SSSR count). The van der Waals surface area contributed by atoms with Gasteiger partial charge in [-0.15, -0.1) is 0 Å². The zero-order chi connectivity index (χ0) is 20.8. The molecule has 2 aromatic carbocycles. The quantitative estimate of drug-likeness (QED) is 0.738. The molecule has 29 heavy (non-hydrogen) atoms. The van der Waals surface area contributed by atoms with Gasteiger partial charge in [-0.05, 0) is 55.0 Å². The number of amides is 1. The van der Waals surface area contributed by atoms with Crippen LogP contribution in [0.4, 0.5) is 18.9 Å². The predicted molar refractivity (Wildman–Crippen MR) is 107 cm³/mol. The number of halogens is 3. The maximum absolute atomic E-state index is 12.9. The van der Waals surface area contributed by atoms with Crippen LogP contribution in [0.2, 0.25) is 0 Å². The molecule has 0 spiro atoms. The van der Waals surface area contributed by atoms with E-state index in [0.29, 0.717) is 25.1 Å². The molecule has 1 aliphatic heterocycles. The molecule has 3 nitrogen and oxygen atoms in total. The van der Waals surface area contributed by atoms with E-state index in [1.807, 2.05) is 4.90 Å². The van der Waals surface area contributed by atoms with Gasteiger partial charge >= 0.3 is 6.18 Å². The third-order valence-electron chi connectivity index (χ3n) is 6.05. The van der Waals surface area contributed by atoms with Crippen molar-refractivity contribution in [1.82, 2.24) is 4.90 Å². The summed E-state index contributed by atoms with van der Waals surface area (Å²) >= 11 is 0. The van der Waals surface area contributed by atoms with Gasteiger partial charge in [0.25, 0.3) is 0 Å². The summed E-state index contributed by atoms with van der Waals surface area (Å²) in [6.45, 7) is 7.02. The Kier molecular flexibility index (Phi) is 5.05. The van der Waals surface area contributed by atoms with Crippen molar-refractivity contribution in [3.63, 3.8) is 0 Å². The van der Waals surface area contributed by atoms with Gasteiger partial charge in [0, 0.05) is 37.8 Å². The van der Waals surface area contributed by atoms with Crippen LogP contribution in [-0.4, -0.2) is 37.0 Å². The Hall–Kier alpha value is -2.50. The van der Waals surface area contributed by atoms with E-state index in [0.717, 1.165) is 19.2 Å². The van der Waals surface area contributed by atoms with E-state index in [-0.39, 0.29) is 17.7 Å². The molecule has 1 aliphatic carbocycles. The van der Waals surface area contributed by atoms with Crippen molar-refractivity contribution in [2.45, 2.75) is 32.4 Å². The third-order valence-corrected chi connectivity index (χ3v) is 6.05. The molecule has 0 radical (unpaired) electrons. The molecule has 0 N–H and O–H groups in total. The third kappa shape index (κ3) is 4.11. The maximum Gasteiger partial charge on any atom is 0.416 e. The minimum Gasteiger partial charge on any atom is -0.368 e. The highest BCUT2D eigenvalue weighted by molar-refractivity contribution is 5.83. The molecule has 1 amide bonds. The number of carbonyl (C=O) groups excluding carboxylic acids is 1. The van der Waals surface area contributed by atoms with E-state index in [1.54, 1.807) is 6.07 Å². The largest absolute Gasteiger partial charge is 0.416 e. The van der Waals surface area contributed by atoms with Crippen molar-refractivity contribution in [3.8, 4) is 0 Å². The molecular weight excluding hydrogens is 377 g/mol. The standard InChI is InChI=1S/C23H25F3N2O/c1-15-6-7-16(2)21(12-15)27-8-10-28(11-9-27)22(29)20-14-19(20)17-4-3-5-18(13-17)23(24,25)26/h3-7,12-13,19-20H,8-11,14H2,1-2H3. The van der Waals surface area contributed by atoms with E-state index in [1.165, 1.54) is 28.9 Å². The van der Waals surface area contributed by atoms with Gasteiger partial charge in [0.2, 0.25) is 5.91 Å². The Balaban J connectivity index is 1.37. The summed E-state index contributed by atoms with van der Waals surface area (Å²) in [5.41, 5.74) is 3.63. The Morgan fingerprint density at radius 2 is 1.72 bits per heavy atom. The van der Waals surface area contributed by atoms with E-state index >= 15 is 0 Å². The van der Waals surface area contributed by atoms with Gasteiger partial charge in [0.1, 0.15) is 0 Å². The van der Waals surface area contributed by atoms with Crippen LogP contribution in [0.1, 0.15) is 34.6 Å². The van der Waals surface area contributed by atoms with E-state index in [9.17, 15) is 18.0 Å². The van der Waals surface area contributed by atoms with Gasteiger partial charge in [0.05, 0.1) is 5.56 Å². The summed E-state index contributed by atoms with van der Waals surface area (Å²) in [4.78, 5) is 17.1. The molecule has 1 heterocycles. The summed E-state index contributed by atoms with van der Waals surface area (Å²) in [6.07, 6.45) is -3.72. The average Bonchev–Trinajstić information content (AvgIpc) is 3.50. The molecule has 2 aromatic rings. The SMILES string of the molecule is Cc1ccc(C)c(N2CCN(C(=O)C3CC3c3cccc(C(F)(F)F)c3)CC2)c1. The number of carbonyl (C=O) groups is 1. The van der Waals surface area contributed by atoms with Gasteiger partial charge < -0.3 is 9.80 Å². The molecule has 6 heteroatoms. The van der Waals surface area contributed by atoms with Gasteiger partial charge in [-0.2, -0.15) is 13.2 Å². The number of piperazine rings is 1. The normalized spacial score (nSPS) is 22.0. The molecule has 2 aliphatic rings. The van der Waals surface area contributed by atoms with Crippen molar-refractivity contribution in [2.75, 3.05) is 31.1 Å². The van der Waals surface area contributed by atoms with E-state index in [4.69, 9.17) is 0 Å². The first-order chi connectivity index (χ1) is 13.7. The van der Waals surface area contributed by atoms with E-state index < -0.39 is 11.7 Å². The van der Waals surface area contributed by atoms with Crippen LogP contribution in [0.5, 0.6) is 0 Å². The first kappa shape index (κ1) is 19.8. The summed E-state index contributed by atoms with van der Waals surface area (Å²) in [7, 11) is 0. The predicted octanol–water partition coefficient (Wildman–Crippen LogP) is 4.77. The van der Waals surface area contributed by atoms with Gasteiger partial charge in [-0.25, -0.2) is 0 Å². The molecule has 154 valence electrons. The Morgan fingerprint density at radius 3 is 2.41 bits per heavy atom. The van der Waals surface area contributed by atoms with Gasteiger partial charge in [-0.3, -0.25) is 4.79 Å². The van der Waals surface area contributed by atoms with Crippen LogP contribution in [0, 0.1) is 19.8 Å². The maximum atomic E-state index is 12.9. The first-order valence-electron chi connectivity index (χ1n) is 10.0. The Labute approximate surface area is 169 Å². The van der Waals surface area contributed by atoms with Crippen LogP contribution in [0.25, 0.3) is 0 Å². The molecule has 0 bridgehead atoms. The van der Waals surface area contributed by atoms with Crippen molar-refractivity contribution < 1.29 is 18.0 Å². The molecular formula is C23H25F3N2O. The number of rotatable bonds is 3. The summed E-state index contributed by atoms with van der Waals surface area (Å²) < 4.78 is 38.8. The second-order valence-corrected chi connectivity index (χ2v) is 8.17. The van der Waals surface area contributed by atoms with E-state index in [2.05, 4.69) is 36.9 Å². The lowest BCUT2D eigenvalue weighted by Crippen LogP contribution is -2.49. The van der Waals surface area contributed by atoms with Crippen LogP contribution in [0.3, 0.4) is 0 Å². The molecule has 1 saturated heterocycles. The molecule has 2 atom stereocenters. The van der Waals surface area contributed by atoms with Crippen molar-refractivity contribution >= 4 is 11.6 Å². The minimum atomic E-state index is -4.35. The fourth-order valence-corrected chi connectivity index (χ4v) is 4.24. The smallest absolute Gasteiger partial charge is 0.368 e. The minimum absolute atomic E-state index is 0.0769. The van der Waals surface area contributed by atoms with Crippen LogP contribution >= 0.6 is 0 Å². The number of alkyl halides is 3. The Bertz CT molecular complexity index is 917. The topological polar surface area (TPSA) is 23.6 Å². The monoisotopic (exact) mass is 402 g/mol. The number of nitrogens with zero attached hydrogens (tertiary/aromatic N) is 2. The molecule has 2 fully saturated rings. The van der Waals surface area contributed by atoms with Gasteiger partial charge in [0.15, 0.2) is 0 Å². The fraction of sp³-hybridized carbons (Fsp3) is 0.435. The number of aryl methyl sites for hydroxylation is 2. The van der Waals surface area contributed by atoms with Crippen LogP contribution < -0.4 is 4.90 Å². The highest BCUT2D eigenvalue weighted by atomic mass is 19.4.